The Balaban J connectivity index is 1.90. The lowest BCUT2D eigenvalue weighted by Crippen LogP contribution is -2.20. The number of carbonyl (C=O) groups is 1. The van der Waals surface area contributed by atoms with Crippen LogP contribution in [0.4, 0.5) is 11.5 Å². The van der Waals surface area contributed by atoms with Crippen LogP contribution in [0.2, 0.25) is 0 Å². The third kappa shape index (κ3) is 2.23. The number of nitrogens with zero attached hydrogens (tertiary/aromatic N) is 3. The molecule has 0 bridgehead atoms. The summed E-state index contributed by atoms with van der Waals surface area (Å²) >= 11 is 0. The number of ether oxygens (including phenoxy) is 1. The first-order chi connectivity index (χ1) is 11.7. The summed E-state index contributed by atoms with van der Waals surface area (Å²) in [7, 11) is 1.66. The van der Waals surface area contributed by atoms with Crippen molar-refractivity contribution in [2.75, 3.05) is 18.6 Å². The van der Waals surface area contributed by atoms with E-state index in [-0.39, 0.29) is 5.82 Å². The first-order valence-corrected chi connectivity index (χ1v) is 7.68. The molecule has 0 saturated heterocycles. The molecule has 120 valence electrons. The molecule has 1 amide bonds. The molecule has 6 nitrogen and oxygen atoms in total. The lowest BCUT2D eigenvalue weighted by molar-refractivity contribution is 0.0991. The van der Waals surface area contributed by atoms with E-state index in [1.54, 1.807) is 7.11 Å². The maximum atomic E-state index is 11.6. The Morgan fingerprint density at radius 2 is 2.04 bits per heavy atom. The Morgan fingerprint density at radius 1 is 1.21 bits per heavy atom. The van der Waals surface area contributed by atoms with Crippen molar-refractivity contribution in [1.29, 1.82) is 0 Å². The molecule has 2 N–H and O–H groups in total. The molecule has 6 heteroatoms. The predicted molar refractivity (Wildman–Crippen MR) is 91.8 cm³/mol. The SMILES string of the molecule is COc1ccc2c(c1)CCN2c1nc(C(N)=O)nc2ccccc12. The van der Waals surface area contributed by atoms with Gasteiger partial charge in [0.25, 0.3) is 5.91 Å². The lowest BCUT2D eigenvalue weighted by atomic mass is 10.1. The molecule has 1 aromatic heterocycles. The van der Waals surface area contributed by atoms with Crippen molar-refractivity contribution in [2.24, 2.45) is 5.73 Å². The number of fused-ring (bicyclic) bond motifs is 2. The monoisotopic (exact) mass is 320 g/mol. The number of hydrogen-bond acceptors (Lipinski definition) is 5. The Hall–Kier alpha value is -3.15. The van der Waals surface area contributed by atoms with Gasteiger partial charge in [-0.1, -0.05) is 12.1 Å². The average Bonchev–Trinajstić information content (AvgIpc) is 3.03. The number of carbonyl (C=O) groups excluding carboxylic acids is 1. The second kappa shape index (κ2) is 5.49. The van der Waals surface area contributed by atoms with Gasteiger partial charge in [0.15, 0.2) is 0 Å². The number of nitrogens with two attached hydrogens (primary N) is 1. The standard InChI is InChI=1S/C18H16N4O2/c1-24-12-6-7-15-11(10-12)8-9-22(15)18-13-4-2-3-5-14(13)20-17(21-18)16(19)23/h2-7,10H,8-9H2,1H3,(H2,19,23). The number of amides is 1. The van der Waals surface area contributed by atoms with Crippen LogP contribution in [-0.4, -0.2) is 29.5 Å². The zero-order valence-electron chi connectivity index (χ0n) is 13.2. The third-order valence-corrected chi connectivity index (χ3v) is 4.24. The number of rotatable bonds is 3. The summed E-state index contributed by atoms with van der Waals surface area (Å²) in [6.45, 7) is 0.779. The van der Waals surface area contributed by atoms with Gasteiger partial charge in [-0.05, 0) is 42.3 Å². The minimum absolute atomic E-state index is 0.0330. The molecular formula is C18H16N4O2. The second-order valence-electron chi connectivity index (χ2n) is 5.65. The van der Waals surface area contributed by atoms with E-state index in [4.69, 9.17) is 10.5 Å². The van der Waals surface area contributed by atoms with Crippen LogP contribution < -0.4 is 15.4 Å². The molecule has 3 aromatic rings. The number of hydrogen-bond donors (Lipinski definition) is 1. The molecule has 2 heterocycles. The molecule has 0 aliphatic carbocycles. The van der Waals surface area contributed by atoms with E-state index in [0.29, 0.717) is 11.3 Å². The van der Waals surface area contributed by atoms with E-state index in [9.17, 15) is 4.79 Å². The zero-order valence-corrected chi connectivity index (χ0v) is 13.2. The number of anilines is 2. The topological polar surface area (TPSA) is 81.3 Å². The van der Waals surface area contributed by atoms with Crippen LogP contribution in [0.15, 0.2) is 42.5 Å². The Morgan fingerprint density at radius 3 is 2.83 bits per heavy atom. The average molecular weight is 320 g/mol. The van der Waals surface area contributed by atoms with Gasteiger partial charge in [0.2, 0.25) is 5.82 Å². The Bertz CT molecular complexity index is 955. The Labute approximate surface area is 138 Å². The number of benzene rings is 2. The molecule has 24 heavy (non-hydrogen) atoms. The van der Waals surface area contributed by atoms with E-state index in [1.165, 1.54) is 5.56 Å². The van der Waals surface area contributed by atoms with Crippen molar-refractivity contribution in [2.45, 2.75) is 6.42 Å². The second-order valence-corrected chi connectivity index (χ2v) is 5.65. The van der Waals surface area contributed by atoms with Gasteiger partial charge in [-0.3, -0.25) is 4.79 Å². The third-order valence-electron chi connectivity index (χ3n) is 4.24. The number of para-hydroxylation sites is 1. The summed E-state index contributed by atoms with van der Waals surface area (Å²) in [6, 6.07) is 13.6. The van der Waals surface area contributed by atoms with Crippen LogP contribution in [0.25, 0.3) is 10.9 Å². The molecule has 0 radical (unpaired) electrons. The normalized spacial score (nSPS) is 13.1. The highest BCUT2D eigenvalue weighted by atomic mass is 16.5. The molecule has 0 fully saturated rings. The van der Waals surface area contributed by atoms with E-state index >= 15 is 0 Å². The van der Waals surface area contributed by atoms with Crippen molar-refractivity contribution in [3.8, 4) is 5.75 Å². The highest BCUT2D eigenvalue weighted by molar-refractivity contribution is 5.97. The van der Waals surface area contributed by atoms with Crippen LogP contribution in [0.5, 0.6) is 5.75 Å². The first kappa shape index (κ1) is 14.4. The van der Waals surface area contributed by atoms with Crippen LogP contribution in [0, 0.1) is 0 Å². The van der Waals surface area contributed by atoms with E-state index in [2.05, 4.69) is 14.9 Å². The van der Waals surface area contributed by atoms with Crippen molar-refractivity contribution in [3.05, 3.63) is 53.9 Å². The minimum Gasteiger partial charge on any atom is -0.497 e. The Kier molecular flexibility index (Phi) is 3.30. The van der Waals surface area contributed by atoms with Crippen molar-refractivity contribution >= 4 is 28.3 Å². The quantitative estimate of drug-likeness (QED) is 0.801. The number of aromatic nitrogens is 2. The number of methoxy groups -OCH3 is 1. The van der Waals surface area contributed by atoms with Crippen molar-refractivity contribution < 1.29 is 9.53 Å². The fourth-order valence-electron chi connectivity index (χ4n) is 3.10. The molecule has 0 atom stereocenters. The van der Waals surface area contributed by atoms with Crippen LogP contribution in [-0.2, 0) is 6.42 Å². The van der Waals surface area contributed by atoms with Gasteiger partial charge in [-0.2, -0.15) is 0 Å². The molecule has 4 rings (SSSR count). The summed E-state index contributed by atoms with van der Waals surface area (Å²) in [6.07, 6.45) is 0.886. The van der Waals surface area contributed by atoms with Gasteiger partial charge in [-0.25, -0.2) is 9.97 Å². The number of primary amides is 1. The molecule has 0 unspecified atom stereocenters. The molecule has 1 aliphatic rings. The van der Waals surface area contributed by atoms with E-state index in [0.717, 1.165) is 29.8 Å². The summed E-state index contributed by atoms with van der Waals surface area (Å²) in [5.41, 5.74) is 8.37. The highest BCUT2D eigenvalue weighted by Gasteiger charge is 2.25. The first-order valence-electron chi connectivity index (χ1n) is 7.68. The van der Waals surface area contributed by atoms with Crippen molar-refractivity contribution in [3.63, 3.8) is 0 Å². The van der Waals surface area contributed by atoms with Crippen molar-refractivity contribution in [1.82, 2.24) is 9.97 Å². The summed E-state index contributed by atoms with van der Waals surface area (Å²) in [4.78, 5) is 22.4. The van der Waals surface area contributed by atoms with E-state index in [1.807, 2.05) is 42.5 Å². The van der Waals surface area contributed by atoms with Crippen LogP contribution in [0.1, 0.15) is 16.2 Å². The summed E-state index contributed by atoms with van der Waals surface area (Å²) < 4.78 is 5.30. The molecule has 1 aliphatic heterocycles. The van der Waals surface area contributed by atoms with Gasteiger partial charge in [0.1, 0.15) is 11.6 Å². The largest absolute Gasteiger partial charge is 0.497 e. The van der Waals surface area contributed by atoms with Gasteiger partial charge >= 0.3 is 0 Å². The van der Waals surface area contributed by atoms with Crippen LogP contribution >= 0.6 is 0 Å². The molecule has 0 spiro atoms. The van der Waals surface area contributed by atoms with Gasteiger partial charge < -0.3 is 15.4 Å². The maximum Gasteiger partial charge on any atom is 0.286 e. The molecule has 0 saturated carbocycles. The van der Waals surface area contributed by atoms with Gasteiger partial charge in [-0.15, -0.1) is 0 Å². The molecule has 2 aromatic carbocycles. The fourth-order valence-corrected chi connectivity index (χ4v) is 3.10. The van der Waals surface area contributed by atoms with Gasteiger partial charge in [0.05, 0.1) is 12.6 Å². The minimum atomic E-state index is -0.629. The smallest absolute Gasteiger partial charge is 0.286 e. The fraction of sp³-hybridized carbons (Fsp3) is 0.167. The van der Waals surface area contributed by atoms with Gasteiger partial charge in [0, 0.05) is 17.6 Å². The predicted octanol–water partition coefficient (Wildman–Crippen LogP) is 2.43. The maximum absolute atomic E-state index is 11.6. The zero-order chi connectivity index (χ0) is 16.7. The highest BCUT2D eigenvalue weighted by Crippen LogP contribution is 2.38. The molecular weight excluding hydrogens is 304 g/mol. The van der Waals surface area contributed by atoms with Crippen LogP contribution in [0.3, 0.4) is 0 Å². The van der Waals surface area contributed by atoms with E-state index < -0.39 is 5.91 Å². The summed E-state index contributed by atoms with van der Waals surface area (Å²) in [5.74, 6) is 0.945. The lowest BCUT2D eigenvalue weighted by Gasteiger charge is -2.20. The summed E-state index contributed by atoms with van der Waals surface area (Å²) in [5, 5.41) is 0.895.